The van der Waals surface area contributed by atoms with Gasteiger partial charge in [0.1, 0.15) is 0 Å². The van der Waals surface area contributed by atoms with E-state index in [1.807, 2.05) is 13.8 Å². The van der Waals surface area contributed by atoms with Gasteiger partial charge in [0.2, 0.25) is 11.8 Å². The van der Waals surface area contributed by atoms with Gasteiger partial charge in [-0.3, -0.25) is 14.5 Å². The molecule has 6 nitrogen and oxygen atoms in total. The van der Waals surface area contributed by atoms with Gasteiger partial charge in [-0.2, -0.15) is 0 Å². The van der Waals surface area contributed by atoms with Crippen LogP contribution in [0.2, 0.25) is 0 Å². The van der Waals surface area contributed by atoms with E-state index in [1.54, 1.807) is 19.0 Å². The highest BCUT2D eigenvalue weighted by Crippen LogP contribution is 2.07. The van der Waals surface area contributed by atoms with Gasteiger partial charge in [-0.15, -0.1) is 0 Å². The predicted molar refractivity (Wildman–Crippen MR) is 79.5 cm³/mol. The molecule has 0 saturated carbocycles. The molecule has 0 aromatic rings. The molecule has 1 unspecified atom stereocenters. The molecule has 6 heteroatoms. The highest BCUT2D eigenvalue weighted by atomic mass is 16.2. The van der Waals surface area contributed by atoms with Gasteiger partial charge in [0.05, 0.1) is 12.6 Å². The van der Waals surface area contributed by atoms with Gasteiger partial charge >= 0.3 is 0 Å². The minimum atomic E-state index is -0.154. The third-order valence-electron chi connectivity index (χ3n) is 3.69. The average molecular weight is 284 g/mol. The smallest absolute Gasteiger partial charge is 0.241 e. The van der Waals surface area contributed by atoms with Gasteiger partial charge in [0, 0.05) is 46.8 Å². The van der Waals surface area contributed by atoms with Crippen LogP contribution in [0.5, 0.6) is 0 Å². The molecule has 1 aliphatic heterocycles. The fourth-order valence-corrected chi connectivity index (χ4v) is 2.33. The summed E-state index contributed by atoms with van der Waals surface area (Å²) in [7, 11) is 3.44. The Morgan fingerprint density at radius 2 is 1.85 bits per heavy atom. The van der Waals surface area contributed by atoms with Gasteiger partial charge in [-0.25, -0.2) is 0 Å². The standard InChI is InChI=1S/C14H28N4O2/c1-5-8-18(11-13(19)16(3)4)14(20)12(2)17-9-6-15-7-10-17/h12,15H,5-11H2,1-4H3. The van der Waals surface area contributed by atoms with E-state index in [4.69, 9.17) is 0 Å². The Morgan fingerprint density at radius 3 is 2.35 bits per heavy atom. The predicted octanol–water partition coefficient (Wildman–Crippen LogP) is -0.393. The van der Waals surface area contributed by atoms with Crippen LogP contribution in [0.3, 0.4) is 0 Å². The molecule has 0 aromatic carbocycles. The Balaban J connectivity index is 2.64. The fourth-order valence-electron chi connectivity index (χ4n) is 2.33. The van der Waals surface area contributed by atoms with Crippen LogP contribution < -0.4 is 5.32 Å². The zero-order valence-corrected chi connectivity index (χ0v) is 13.2. The van der Waals surface area contributed by atoms with Crippen LogP contribution in [0, 0.1) is 0 Å². The van der Waals surface area contributed by atoms with Crippen molar-refractivity contribution in [2.45, 2.75) is 26.3 Å². The van der Waals surface area contributed by atoms with E-state index >= 15 is 0 Å². The van der Waals surface area contributed by atoms with E-state index < -0.39 is 0 Å². The molecular formula is C14H28N4O2. The van der Waals surface area contributed by atoms with Crippen molar-refractivity contribution in [2.75, 3.05) is 53.4 Å². The number of rotatable bonds is 6. The Bertz CT molecular complexity index is 327. The summed E-state index contributed by atoms with van der Waals surface area (Å²) >= 11 is 0. The summed E-state index contributed by atoms with van der Waals surface area (Å²) in [6, 6.07) is -0.154. The number of likely N-dealkylation sites (N-methyl/N-ethyl adjacent to an activating group) is 1. The lowest BCUT2D eigenvalue weighted by Gasteiger charge is -2.35. The van der Waals surface area contributed by atoms with Crippen LogP contribution in [0.15, 0.2) is 0 Å². The minimum absolute atomic E-state index is 0.0284. The van der Waals surface area contributed by atoms with Crippen molar-refractivity contribution < 1.29 is 9.59 Å². The van der Waals surface area contributed by atoms with E-state index in [0.29, 0.717) is 6.54 Å². The van der Waals surface area contributed by atoms with Crippen molar-refractivity contribution in [3.8, 4) is 0 Å². The second kappa shape index (κ2) is 8.21. The van der Waals surface area contributed by atoms with Crippen LogP contribution >= 0.6 is 0 Å². The van der Waals surface area contributed by atoms with Crippen molar-refractivity contribution in [1.82, 2.24) is 20.0 Å². The van der Waals surface area contributed by atoms with Crippen molar-refractivity contribution in [1.29, 1.82) is 0 Å². The minimum Gasteiger partial charge on any atom is -0.347 e. The van der Waals surface area contributed by atoms with Crippen LogP contribution in [-0.2, 0) is 9.59 Å². The number of hydrogen-bond donors (Lipinski definition) is 1. The summed E-state index contributed by atoms with van der Waals surface area (Å²) in [5.41, 5.74) is 0. The number of carbonyl (C=O) groups excluding carboxylic acids is 2. The Morgan fingerprint density at radius 1 is 1.25 bits per heavy atom. The zero-order chi connectivity index (χ0) is 15.1. The van der Waals surface area contributed by atoms with Crippen molar-refractivity contribution >= 4 is 11.8 Å². The second-order valence-electron chi connectivity index (χ2n) is 5.51. The SMILES string of the molecule is CCCN(CC(=O)N(C)C)C(=O)C(C)N1CCNCC1. The Kier molecular flexibility index (Phi) is 6.95. The monoisotopic (exact) mass is 284 g/mol. The van der Waals surface area contributed by atoms with Gasteiger partial charge in [-0.05, 0) is 13.3 Å². The van der Waals surface area contributed by atoms with Gasteiger partial charge in [0.25, 0.3) is 0 Å². The molecule has 1 saturated heterocycles. The first-order valence-corrected chi connectivity index (χ1v) is 7.41. The van der Waals surface area contributed by atoms with Crippen molar-refractivity contribution in [2.24, 2.45) is 0 Å². The van der Waals surface area contributed by atoms with Crippen LogP contribution in [0.4, 0.5) is 0 Å². The van der Waals surface area contributed by atoms with E-state index in [9.17, 15) is 9.59 Å². The van der Waals surface area contributed by atoms with Gasteiger partial charge < -0.3 is 15.1 Å². The molecule has 1 N–H and O–H groups in total. The Labute approximate surface area is 122 Å². The summed E-state index contributed by atoms with van der Waals surface area (Å²) in [4.78, 5) is 29.8. The summed E-state index contributed by atoms with van der Waals surface area (Å²) in [6.45, 7) is 8.38. The first-order valence-electron chi connectivity index (χ1n) is 7.41. The van der Waals surface area contributed by atoms with E-state index in [-0.39, 0.29) is 24.4 Å². The van der Waals surface area contributed by atoms with Crippen LogP contribution in [-0.4, -0.2) is 85.9 Å². The summed E-state index contributed by atoms with van der Waals surface area (Å²) < 4.78 is 0. The largest absolute Gasteiger partial charge is 0.347 e. The van der Waals surface area contributed by atoms with Gasteiger partial charge in [0.15, 0.2) is 0 Å². The lowest BCUT2D eigenvalue weighted by molar-refractivity contribution is -0.142. The lowest BCUT2D eigenvalue weighted by Crippen LogP contribution is -2.54. The second-order valence-corrected chi connectivity index (χ2v) is 5.51. The number of nitrogens with one attached hydrogen (secondary N) is 1. The van der Waals surface area contributed by atoms with E-state index in [1.165, 1.54) is 4.90 Å². The highest BCUT2D eigenvalue weighted by molar-refractivity contribution is 5.87. The molecule has 0 radical (unpaired) electrons. The molecule has 1 atom stereocenters. The number of amides is 2. The number of nitrogens with zero attached hydrogens (tertiary/aromatic N) is 3. The molecule has 0 spiro atoms. The topological polar surface area (TPSA) is 55.9 Å². The number of hydrogen-bond acceptors (Lipinski definition) is 4. The summed E-state index contributed by atoms with van der Waals surface area (Å²) in [5, 5.41) is 3.28. The average Bonchev–Trinajstić information content (AvgIpc) is 2.46. The molecule has 2 amide bonds. The van der Waals surface area contributed by atoms with Crippen molar-refractivity contribution in [3.63, 3.8) is 0 Å². The third kappa shape index (κ3) is 4.76. The molecular weight excluding hydrogens is 256 g/mol. The molecule has 20 heavy (non-hydrogen) atoms. The Hall–Kier alpha value is -1.14. The normalized spacial score (nSPS) is 17.6. The first kappa shape index (κ1) is 16.9. The maximum atomic E-state index is 12.6. The third-order valence-corrected chi connectivity index (χ3v) is 3.69. The maximum Gasteiger partial charge on any atom is 0.241 e. The van der Waals surface area contributed by atoms with Crippen LogP contribution in [0.25, 0.3) is 0 Å². The zero-order valence-electron chi connectivity index (χ0n) is 13.2. The molecule has 1 fully saturated rings. The lowest BCUT2D eigenvalue weighted by atomic mass is 10.2. The maximum absolute atomic E-state index is 12.6. The van der Waals surface area contributed by atoms with Crippen molar-refractivity contribution in [3.05, 3.63) is 0 Å². The number of carbonyl (C=O) groups is 2. The first-order chi connectivity index (χ1) is 9.47. The van der Waals surface area contributed by atoms with E-state index in [0.717, 1.165) is 32.6 Å². The van der Waals surface area contributed by atoms with Gasteiger partial charge in [-0.1, -0.05) is 6.92 Å². The van der Waals surface area contributed by atoms with E-state index in [2.05, 4.69) is 10.2 Å². The summed E-state index contributed by atoms with van der Waals surface area (Å²) in [6.07, 6.45) is 0.862. The molecule has 0 aromatic heterocycles. The summed E-state index contributed by atoms with van der Waals surface area (Å²) in [5.74, 6) is 0.0308. The van der Waals surface area contributed by atoms with Crippen LogP contribution in [0.1, 0.15) is 20.3 Å². The quantitative estimate of drug-likeness (QED) is 0.721. The molecule has 0 bridgehead atoms. The molecule has 0 aliphatic carbocycles. The molecule has 1 heterocycles. The molecule has 1 rings (SSSR count). The molecule has 116 valence electrons. The fraction of sp³-hybridized carbons (Fsp3) is 0.857. The highest BCUT2D eigenvalue weighted by Gasteiger charge is 2.27. The number of piperazine rings is 1. The molecule has 1 aliphatic rings.